The van der Waals surface area contributed by atoms with Crippen molar-refractivity contribution >= 4 is 0 Å². The number of piperidine rings is 1. The molecule has 0 amide bonds. The quantitative estimate of drug-likeness (QED) is 0.342. The predicted octanol–water partition coefficient (Wildman–Crippen LogP) is 7.44. The van der Waals surface area contributed by atoms with Gasteiger partial charge in [-0.15, -0.1) is 0 Å². The Morgan fingerprint density at radius 1 is 0.815 bits per heavy atom. The third-order valence-electron chi connectivity index (χ3n) is 6.03. The van der Waals surface area contributed by atoms with Crippen LogP contribution in [0.4, 0.5) is 0 Å². The van der Waals surface area contributed by atoms with Crippen molar-refractivity contribution in [1.29, 1.82) is 0 Å². The van der Waals surface area contributed by atoms with E-state index >= 15 is 0 Å². The van der Waals surface area contributed by atoms with Crippen LogP contribution in [0.15, 0.2) is 24.3 Å². The van der Waals surface area contributed by atoms with E-state index in [-0.39, 0.29) is 0 Å². The lowest BCUT2D eigenvalue weighted by molar-refractivity contribution is 0.292. The Morgan fingerprint density at radius 2 is 1.48 bits per heavy atom. The molecule has 0 aliphatic carbocycles. The molecule has 2 rings (SSSR count). The summed E-state index contributed by atoms with van der Waals surface area (Å²) in [6.07, 6.45) is 17.6. The zero-order valence-corrected chi connectivity index (χ0v) is 18.0. The number of benzene rings is 1. The maximum absolute atomic E-state index is 5.87. The third-order valence-corrected chi connectivity index (χ3v) is 6.03. The van der Waals surface area contributed by atoms with Crippen molar-refractivity contribution in [2.75, 3.05) is 13.2 Å². The molecule has 2 unspecified atom stereocenters. The van der Waals surface area contributed by atoms with Crippen LogP contribution in [0.5, 0.6) is 5.75 Å². The highest BCUT2D eigenvalue weighted by molar-refractivity contribution is 5.29. The second-order valence-electron chi connectivity index (χ2n) is 8.44. The molecule has 154 valence electrons. The predicted molar refractivity (Wildman–Crippen MR) is 118 cm³/mol. The Morgan fingerprint density at radius 3 is 2.15 bits per heavy atom. The zero-order valence-electron chi connectivity index (χ0n) is 18.0. The van der Waals surface area contributed by atoms with Crippen molar-refractivity contribution in [1.82, 2.24) is 5.32 Å². The van der Waals surface area contributed by atoms with Gasteiger partial charge in [-0.25, -0.2) is 0 Å². The van der Waals surface area contributed by atoms with Gasteiger partial charge in [0.15, 0.2) is 0 Å². The average Bonchev–Trinajstić information content (AvgIpc) is 2.71. The standard InChI is InChI=1S/C25H43NO/c1-3-5-7-9-10-11-13-22-14-19-25(26-21-22)23-15-17-24(18-16-23)27-20-12-8-6-4-2/h15-18,22,25-26H,3-14,19-21H2,1-2H3. The van der Waals surface area contributed by atoms with Crippen molar-refractivity contribution in [3.8, 4) is 5.75 Å². The molecule has 2 nitrogen and oxygen atoms in total. The van der Waals surface area contributed by atoms with Gasteiger partial charge in [-0.1, -0.05) is 83.8 Å². The highest BCUT2D eigenvalue weighted by atomic mass is 16.5. The Balaban J connectivity index is 1.59. The maximum atomic E-state index is 5.87. The fraction of sp³-hybridized carbons (Fsp3) is 0.760. The van der Waals surface area contributed by atoms with Crippen LogP contribution in [0.25, 0.3) is 0 Å². The van der Waals surface area contributed by atoms with E-state index in [1.165, 1.54) is 95.6 Å². The van der Waals surface area contributed by atoms with Crippen molar-refractivity contribution in [3.63, 3.8) is 0 Å². The molecule has 1 aromatic rings. The van der Waals surface area contributed by atoms with E-state index in [4.69, 9.17) is 4.74 Å². The molecule has 1 saturated heterocycles. The maximum Gasteiger partial charge on any atom is 0.119 e. The summed E-state index contributed by atoms with van der Waals surface area (Å²) in [7, 11) is 0. The van der Waals surface area contributed by atoms with Crippen LogP contribution in [0.2, 0.25) is 0 Å². The molecule has 0 bridgehead atoms. The minimum atomic E-state index is 0.532. The lowest BCUT2D eigenvalue weighted by Gasteiger charge is -2.30. The van der Waals surface area contributed by atoms with Crippen molar-refractivity contribution < 1.29 is 4.74 Å². The molecule has 0 radical (unpaired) electrons. The van der Waals surface area contributed by atoms with Crippen molar-refractivity contribution in [2.24, 2.45) is 5.92 Å². The number of unbranched alkanes of at least 4 members (excludes halogenated alkanes) is 8. The molecule has 1 fully saturated rings. The highest BCUT2D eigenvalue weighted by Gasteiger charge is 2.21. The first kappa shape index (κ1) is 22.3. The summed E-state index contributed by atoms with van der Waals surface area (Å²) in [5.74, 6) is 1.91. The molecule has 0 saturated carbocycles. The summed E-state index contributed by atoms with van der Waals surface area (Å²) >= 11 is 0. The van der Waals surface area contributed by atoms with Gasteiger partial charge in [0.2, 0.25) is 0 Å². The molecule has 0 spiro atoms. The lowest BCUT2D eigenvalue weighted by atomic mass is 9.88. The van der Waals surface area contributed by atoms with Crippen LogP contribution in [0.3, 0.4) is 0 Å². The Labute approximate surface area is 168 Å². The first-order valence-corrected chi connectivity index (χ1v) is 11.8. The van der Waals surface area contributed by atoms with Crippen molar-refractivity contribution in [3.05, 3.63) is 29.8 Å². The molecule has 27 heavy (non-hydrogen) atoms. The molecule has 2 heteroatoms. The van der Waals surface area contributed by atoms with E-state index < -0.39 is 0 Å². The topological polar surface area (TPSA) is 21.3 Å². The summed E-state index contributed by atoms with van der Waals surface area (Å²) in [4.78, 5) is 0. The highest BCUT2D eigenvalue weighted by Crippen LogP contribution is 2.29. The van der Waals surface area contributed by atoms with Gasteiger partial charge >= 0.3 is 0 Å². The normalized spacial score (nSPS) is 19.9. The van der Waals surface area contributed by atoms with E-state index in [1.807, 2.05) is 0 Å². The SMILES string of the molecule is CCCCCCCCC1CCC(c2ccc(OCCCCCC)cc2)NC1. The van der Waals surface area contributed by atoms with E-state index in [2.05, 4.69) is 43.4 Å². The largest absolute Gasteiger partial charge is 0.494 e. The second kappa shape index (κ2) is 14.0. The summed E-state index contributed by atoms with van der Waals surface area (Å²) in [5.41, 5.74) is 1.42. The van der Waals surface area contributed by atoms with Gasteiger partial charge in [0.1, 0.15) is 5.75 Å². The van der Waals surface area contributed by atoms with E-state index in [0.29, 0.717) is 6.04 Å². The lowest BCUT2D eigenvalue weighted by Crippen LogP contribution is -2.33. The fourth-order valence-corrected chi connectivity index (χ4v) is 4.17. The van der Waals surface area contributed by atoms with Crippen LogP contribution in [-0.4, -0.2) is 13.2 Å². The number of rotatable bonds is 14. The van der Waals surface area contributed by atoms with Gasteiger partial charge in [0.05, 0.1) is 6.61 Å². The molecule has 1 N–H and O–H groups in total. The number of hydrogen-bond acceptors (Lipinski definition) is 2. The number of hydrogen-bond donors (Lipinski definition) is 1. The van der Waals surface area contributed by atoms with E-state index in [0.717, 1.165) is 18.3 Å². The zero-order chi connectivity index (χ0) is 19.2. The van der Waals surface area contributed by atoms with Gasteiger partial charge in [-0.3, -0.25) is 0 Å². The smallest absolute Gasteiger partial charge is 0.119 e. The second-order valence-corrected chi connectivity index (χ2v) is 8.44. The van der Waals surface area contributed by atoms with Gasteiger partial charge in [0, 0.05) is 6.04 Å². The van der Waals surface area contributed by atoms with Crippen LogP contribution < -0.4 is 10.1 Å². The first-order valence-electron chi connectivity index (χ1n) is 11.8. The third kappa shape index (κ3) is 9.14. The van der Waals surface area contributed by atoms with Gasteiger partial charge in [0.25, 0.3) is 0 Å². The Hall–Kier alpha value is -1.02. The fourth-order valence-electron chi connectivity index (χ4n) is 4.17. The Kier molecular flexibility index (Phi) is 11.6. The number of nitrogens with one attached hydrogen (secondary N) is 1. The minimum absolute atomic E-state index is 0.532. The average molecular weight is 374 g/mol. The summed E-state index contributed by atoms with van der Waals surface area (Å²) in [6.45, 7) is 6.57. The molecule has 1 aliphatic heterocycles. The molecule has 0 aromatic heterocycles. The van der Waals surface area contributed by atoms with E-state index in [1.54, 1.807) is 0 Å². The molecular weight excluding hydrogens is 330 g/mol. The van der Waals surface area contributed by atoms with Gasteiger partial charge < -0.3 is 10.1 Å². The van der Waals surface area contributed by atoms with Gasteiger partial charge in [-0.2, -0.15) is 0 Å². The van der Waals surface area contributed by atoms with Crippen molar-refractivity contribution in [2.45, 2.75) is 103 Å². The summed E-state index contributed by atoms with van der Waals surface area (Å²) in [5, 5.41) is 3.79. The first-order chi connectivity index (χ1) is 13.3. The molecular formula is C25H43NO. The Bertz CT molecular complexity index is 462. The monoisotopic (exact) mass is 373 g/mol. The van der Waals surface area contributed by atoms with Gasteiger partial charge in [-0.05, 0) is 55.8 Å². The summed E-state index contributed by atoms with van der Waals surface area (Å²) in [6, 6.07) is 9.35. The van der Waals surface area contributed by atoms with Crippen LogP contribution in [0, 0.1) is 5.92 Å². The minimum Gasteiger partial charge on any atom is -0.494 e. The number of ether oxygens (including phenoxy) is 1. The van der Waals surface area contributed by atoms with Crippen LogP contribution >= 0.6 is 0 Å². The molecule has 1 aliphatic rings. The van der Waals surface area contributed by atoms with Crippen LogP contribution in [-0.2, 0) is 0 Å². The molecule has 1 aromatic carbocycles. The molecule has 2 atom stereocenters. The molecule has 1 heterocycles. The van der Waals surface area contributed by atoms with E-state index in [9.17, 15) is 0 Å². The van der Waals surface area contributed by atoms with Crippen LogP contribution in [0.1, 0.15) is 109 Å². The summed E-state index contributed by atoms with van der Waals surface area (Å²) < 4.78 is 5.87.